The van der Waals surface area contributed by atoms with E-state index < -0.39 is 0 Å². The number of nitrogens with zero attached hydrogens (tertiary/aromatic N) is 2. The largest absolute Gasteiger partial charge is 0.391 e. The molecule has 0 amide bonds. The molecular weight excluding hydrogens is 176 g/mol. The van der Waals surface area contributed by atoms with Crippen molar-refractivity contribution in [3.63, 3.8) is 0 Å². The molecule has 2 rings (SSSR count). The molecule has 1 aromatic heterocycles. The smallest absolute Gasteiger partial charge is 0.0781 e. The molecule has 0 radical (unpaired) electrons. The summed E-state index contributed by atoms with van der Waals surface area (Å²) in [6, 6.07) is 0.211. The average molecular weight is 194 g/mol. The van der Waals surface area contributed by atoms with Crippen LogP contribution in [-0.2, 0) is 0 Å². The maximum atomic E-state index is 9.81. The summed E-state index contributed by atoms with van der Waals surface area (Å²) in [5, 5.41) is 14.3. The van der Waals surface area contributed by atoms with Crippen molar-refractivity contribution in [3.05, 3.63) is 17.0 Å². The first kappa shape index (κ1) is 9.71. The zero-order chi connectivity index (χ0) is 10.3. The van der Waals surface area contributed by atoms with Crippen molar-refractivity contribution >= 4 is 0 Å². The highest BCUT2D eigenvalue weighted by Crippen LogP contribution is 2.31. The molecule has 1 aliphatic carbocycles. The number of aliphatic hydroxyl groups is 1. The number of aliphatic hydroxyl groups excluding tert-OH is 1. The van der Waals surface area contributed by atoms with Crippen molar-refractivity contribution in [3.8, 4) is 0 Å². The molecule has 1 aliphatic rings. The van der Waals surface area contributed by atoms with Gasteiger partial charge in [-0.15, -0.1) is 0 Å². The molecule has 1 aromatic rings. The van der Waals surface area contributed by atoms with Crippen molar-refractivity contribution in [2.24, 2.45) is 0 Å². The van der Waals surface area contributed by atoms with Crippen LogP contribution in [0.25, 0.3) is 0 Å². The van der Waals surface area contributed by atoms with Crippen LogP contribution >= 0.6 is 0 Å². The molecule has 1 fully saturated rings. The SMILES string of the molecule is Cc1nn([C@@H]2CCC[C@H]2O)c(C)c1C. The second-order valence-corrected chi connectivity index (χ2v) is 4.31. The van der Waals surface area contributed by atoms with Crippen molar-refractivity contribution < 1.29 is 5.11 Å². The first-order valence-electron chi connectivity index (χ1n) is 5.31. The molecule has 0 spiro atoms. The van der Waals surface area contributed by atoms with E-state index in [2.05, 4.69) is 18.9 Å². The molecule has 1 N–H and O–H groups in total. The lowest BCUT2D eigenvalue weighted by Crippen LogP contribution is -2.20. The van der Waals surface area contributed by atoms with Crippen LogP contribution in [0.2, 0.25) is 0 Å². The Hall–Kier alpha value is -0.830. The quantitative estimate of drug-likeness (QED) is 0.741. The van der Waals surface area contributed by atoms with Crippen LogP contribution in [-0.4, -0.2) is 21.0 Å². The van der Waals surface area contributed by atoms with Crippen molar-refractivity contribution in [2.75, 3.05) is 0 Å². The summed E-state index contributed by atoms with van der Waals surface area (Å²) in [5.41, 5.74) is 3.54. The Balaban J connectivity index is 2.36. The van der Waals surface area contributed by atoms with Gasteiger partial charge in [-0.25, -0.2) is 0 Å². The molecule has 78 valence electrons. The van der Waals surface area contributed by atoms with E-state index >= 15 is 0 Å². The van der Waals surface area contributed by atoms with Crippen LogP contribution in [0.1, 0.15) is 42.3 Å². The lowest BCUT2D eigenvalue weighted by Gasteiger charge is -2.16. The lowest BCUT2D eigenvalue weighted by molar-refractivity contribution is 0.129. The zero-order valence-corrected chi connectivity index (χ0v) is 9.12. The Morgan fingerprint density at radius 1 is 1.29 bits per heavy atom. The highest BCUT2D eigenvalue weighted by molar-refractivity contribution is 5.23. The van der Waals surface area contributed by atoms with Gasteiger partial charge in [0.25, 0.3) is 0 Å². The normalized spacial score (nSPS) is 27.1. The van der Waals surface area contributed by atoms with Gasteiger partial charge in [0.1, 0.15) is 0 Å². The summed E-state index contributed by atoms with van der Waals surface area (Å²) in [7, 11) is 0. The number of rotatable bonds is 1. The molecule has 0 unspecified atom stereocenters. The molecule has 3 nitrogen and oxygen atoms in total. The third kappa shape index (κ3) is 1.36. The predicted octanol–water partition coefficient (Wildman–Crippen LogP) is 1.89. The second kappa shape index (κ2) is 3.39. The Bertz CT molecular complexity index is 343. The van der Waals surface area contributed by atoms with Gasteiger partial charge in [-0.3, -0.25) is 4.68 Å². The van der Waals surface area contributed by atoms with Crippen LogP contribution in [0.15, 0.2) is 0 Å². The number of aryl methyl sites for hydroxylation is 1. The van der Waals surface area contributed by atoms with Crippen LogP contribution in [0.4, 0.5) is 0 Å². The van der Waals surface area contributed by atoms with E-state index in [1.54, 1.807) is 0 Å². The fourth-order valence-electron chi connectivity index (χ4n) is 2.27. The standard InChI is InChI=1S/C11H18N2O/c1-7-8(2)12-13(9(7)3)10-5-4-6-11(10)14/h10-11,14H,4-6H2,1-3H3/t10-,11-/m1/s1. The fraction of sp³-hybridized carbons (Fsp3) is 0.727. The Kier molecular flexibility index (Phi) is 2.35. The van der Waals surface area contributed by atoms with Crippen molar-refractivity contribution in [2.45, 2.75) is 52.2 Å². The molecule has 0 bridgehead atoms. The van der Waals surface area contributed by atoms with Crippen LogP contribution in [0, 0.1) is 20.8 Å². The molecule has 14 heavy (non-hydrogen) atoms. The third-order valence-electron chi connectivity index (χ3n) is 3.44. The Labute approximate surface area is 84.7 Å². The van der Waals surface area contributed by atoms with E-state index in [0.29, 0.717) is 0 Å². The third-order valence-corrected chi connectivity index (χ3v) is 3.44. The summed E-state index contributed by atoms with van der Waals surface area (Å²) in [6.07, 6.45) is 2.89. The molecule has 1 saturated carbocycles. The van der Waals surface area contributed by atoms with Gasteiger partial charge in [0.05, 0.1) is 17.8 Å². The minimum atomic E-state index is -0.201. The highest BCUT2D eigenvalue weighted by atomic mass is 16.3. The van der Waals surface area contributed by atoms with Gasteiger partial charge in [-0.05, 0) is 45.6 Å². The fourth-order valence-corrected chi connectivity index (χ4v) is 2.27. The van der Waals surface area contributed by atoms with Gasteiger partial charge in [0, 0.05) is 5.69 Å². The Morgan fingerprint density at radius 2 is 2.00 bits per heavy atom. The number of hydrogen-bond acceptors (Lipinski definition) is 2. The van der Waals surface area contributed by atoms with Gasteiger partial charge in [-0.2, -0.15) is 5.10 Å². The monoisotopic (exact) mass is 194 g/mol. The van der Waals surface area contributed by atoms with Gasteiger partial charge < -0.3 is 5.11 Å². The van der Waals surface area contributed by atoms with E-state index in [0.717, 1.165) is 25.0 Å². The molecule has 0 aromatic carbocycles. The summed E-state index contributed by atoms with van der Waals surface area (Å²) in [4.78, 5) is 0. The minimum absolute atomic E-state index is 0.201. The first-order chi connectivity index (χ1) is 6.61. The van der Waals surface area contributed by atoms with Crippen LogP contribution in [0.5, 0.6) is 0 Å². The minimum Gasteiger partial charge on any atom is -0.391 e. The number of aromatic nitrogens is 2. The maximum absolute atomic E-state index is 9.81. The summed E-state index contributed by atoms with van der Waals surface area (Å²) in [5.74, 6) is 0. The lowest BCUT2D eigenvalue weighted by atomic mass is 10.2. The van der Waals surface area contributed by atoms with Crippen molar-refractivity contribution in [1.29, 1.82) is 0 Å². The van der Waals surface area contributed by atoms with Crippen LogP contribution < -0.4 is 0 Å². The molecule has 0 aliphatic heterocycles. The molecule has 0 saturated heterocycles. The predicted molar refractivity (Wildman–Crippen MR) is 55.3 cm³/mol. The van der Waals surface area contributed by atoms with E-state index in [-0.39, 0.29) is 12.1 Å². The van der Waals surface area contributed by atoms with Gasteiger partial charge >= 0.3 is 0 Å². The Morgan fingerprint density at radius 3 is 2.43 bits per heavy atom. The van der Waals surface area contributed by atoms with Crippen molar-refractivity contribution in [1.82, 2.24) is 9.78 Å². The first-order valence-corrected chi connectivity index (χ1v) is 5.31. The summed E-state index contributed by atoms with van der Waals surface area (Å²) >= 11 is 0. The molecule has 3 heteroatoms. The molecule has 1 heterocycles. The van der Waals surface area contributed by atoms with Gasteiger partial charge in [0.2, 0.25) is 0 Å². The maximum Gasteiger partial charge on any atom is 0.0781 e. The van der Waals surface area contributed by atoms with E-state index in [1.807, 2.05) is 11.6 Å². The average Bonchev–Trinajstić information content (AvgIpc) is 2.66. The molecule has 2 atom stereocenters. The zero-order valence-electron chi connectivity index (χ0n) is 9.12. The van der Waals surface area contributed by atoms with E-state index in [4.69, 9.17) is 0 Å². The second-order valence-electron chi connectivity index (χ2n) is 4.31. The van der Waals surface area contributed by atoms with Crippen LogP contribution in [0.3, 0.4) is 0 Å². The van der Waals surface area contributed by atoms with Gasteiger partial charge in [-0.1, -0.05) is 0 Å². The summed E-state index contributed by atoms with van der Waals surface area (Å²) in [6.45, 7) is 6.20. The van der Waals surface area contributed by atoms with E-state index in [1.165, 1.54) is 11.3 Å². The number of hydrogen-bond donors (Lipinski definition) is 1. The summed E-state index contributed by atoms with van der Waals surface area (Å²) < 4.78 is 2.02. The molecular formula is C11H18N2O. The highest BCUT2D eigenvalue weighted by Gasteiger charge is 2.28. The van der Waals surface area contributed by atoms with E-state index in [9.17, 15) is 5.11 Å². The van der Waals surface area contributed by atoms with Gasteiger partial charge in [0.15, 0.2) is 0 Å². The topological polar surface area (TPSA) is 38.0 Å².